The van der Waals surface area contributed by atoms with Gasteiger partial charge in [0.15, 0.2) is 0 Å². The Balaban J connectivity index is 3.07. The van der Waals surface area contributed by atoms with Crippen LogP contribution in [0.1, 0.15) is 20.7 Å². The quantitative estimate of drug-likeness (QED) is 0.540. The van der Waals surface area contributed by atoms with Gasteiger partial charge in [0.25, 0.3) is 0 Å². The first kappa shape index (κ1) is 10.2. The summed E-state index contributed by atoms with van der Waals surface area (Å²) < 4.78 is 4.49. The van der Waals surface area contributed by atoms with E-state index >= 15 is 0 Å². The van der Waals surface area contributed by atoms with E-state index in [-0.39, 0.29) is 17.9 Å². The van der Waals surface area contributed by atoms with Crippen LogP contribution < -0.4 is 5.73 Å². The molecule has 74 valence electrons. The predicted octanol–water partition coefficient (Wildman–Crippen LogP) is 0.458. The van der Waals surface area contributed by atoms with E-state index in [1.54, 1.807) is 6.07 Å². The average Bonchev–Trinajstić information content (AvgIpc) is 2.18. The number of carboxylic acid groups (broad SMARTS) is 1. The summed E-state index contributed by atoms with van der Waals surface area (Å²) in [7, 11) is 0. The van der Waals surface area contributed by atoms with Gasteiger partial charge in [-0.05, 0) is 12.1 Å². The van der Waals surface area contributed by atoms with Gasteiger partial charge < -0.3 is 9.84 Å². The van der Waals surface area contributed by atoms with Crippen LogP contribution in [0, 0.1) is 0 Å². The molecule has 1 rings (SSSR count). The summed E-state index contributed by atoms with van der Waals surface area (Å²) in [6, 6.07) is 5.79. The maximum atomic E-state index is 11.2. The van der Waals surface area contributed by atoms with Gasteiger partial charge in [0.2, 0.25) is 0 Å². The number of carbonyl (C=O) groups is 2. The van der Waals surface area contributed by atoms with Crippen molar-refractivity contribution in [1.82, 2.24) is 0 Å². The van der Waals surface area contributed by atoms with E-state index in [2.05, 4.69) is 4.74 Å². The molecule has 3 N–H and O–H groups in total. The first-order valence-corrected chi connectivity index (χ1v) is 3.86. The fourth-order valence-corrected chi connectivity index (χ4v) is 1.00. The molecule has 1 aromatic rings. The smallest absolute Gasteiger partial charge is 0.340 e. The van der Waals surface area contributed by atoms with Crippen LogP contribution in [0.2, 0.25) is 0 Å². The van der Waals surface area contributed by atoms with E-state index < -0.39 is 11.9 Å². The molecule has 0 radical (unpaired) electrons. The van der Waals surface area contributed by atoms with Gasteiger partial charge in [-0.1, -0.05) is 12.1 Å². The van der Waals surface area contributed by atoms with Crippen molar-refractivity contribution in [3.8, 4) is 0 Å². The van der Waals surface area contributed by atoms with Gasteiger partial charge in [-0.25, -0.2) is 9.59 Å². The highest BCUT2D eigenvalue weighted by atomic mass is 16.5. The molecule has 0 unspecified atom stereocenters. The van der Waals surface area contributed by atoms with Gasteiger partial charge in [-0.2, -0.15) is 0 Å². The fourth-order valence-electron chi connectivity index (χ4n) is 1.00. The highest BCUT2D eigenvalue weighted by molar-refractivity contribution is 6.02. The molecule has 0 saturated heterocycles. The van der Waals surface area contributed by atoms with E-state index in [4.69, 9.17) is 10.8 Å². The summed E-state index contributed by atoms with van der Waals surface area (Å²) in [6.07, 6.45) is 0. The molecule has 0 bridgehead atoms. The fraction of sp³-hybridized carbons (Fsp3) is 0.111. The second-order valence-corrected chi connectivity index (χ2v) is 2.45. The molecule has 1 aromatic carbocycles. The summed E-state index contributed by atoms with van der Waals surface area (Å²) in [5.41, 5.74) is 4.92. The van der Waals surface area contributed by atoms with Crippen molar-refractivity contribution in [3.05, 3.63) is 35.4 Å². The summed E-state index contributed by atoms with van der Waals surface area (Å²) in [4.78, 5) is 21.9. The summed E-state index contributed by atoms with van der Waals surface area (Å²) in [6.45, 7) is -0.271. The van der Waals surface area contributed by atoms with E-state index in [9.17, 15) is 9.59 Å². The van der Waals surface area contributed by atoms with Crippen LogP contribution in [0.3, 0.4) is 0 Å². The van der Waals surface area contributed by atoms with Gasteiger partial charge in [-0.3, -0.25) is 5.73 Å². The van der Waals surface area contributed by atoms with Crippen LogP contribution in [0.5, 0.6) is 0 Å². The number of esters is 1. The topological polar surface area (TPSA) is 89.6 Å². The van der Waals surface area contributed by atoms with E-state index in [1.807, 2.05) is 0 Å². The molecule has 0 saturated carbocycles. The number of benzene rings is 1. The van der Waals surface area contributed by atoms with E-state index in [0.717, 1.165) is 0 Å². The largest absolute Gasteiger partial charge is 0.478 e. The number of hydrogen-bond donors (Lipinski definition) is 2. The minimum atomic E-state index is -1.17. The van der Waals surface area contributed by atoms with Gasteiger partial charge in [0.1, 0.15) is 6.73 Å². The number of rotatable bonds is 3. The second kappa shape index (κ2) is 4.38. The Kier molecular flexibility index (Phi) is 3.19. The Morgan fingerprint density at radius 2 is 1.86 bits per heavy atom. The second-order valence-electron chi connectivity index (χ2n) is 2.45. The third-order valence-corrected chi connectivity index (χ3v) is 1.59. The van der Waals surface area contributed by atoms with Crippen LogP contribution >= 0.6 is 0 Å². The molecular weight excluding hydrogens is 186 g/mol. The monoisotopic (exact) mass is 195 g/mol. The molecule has 5 nitrogen and oxygen atoms in total. The maximum absolute atomic E-state index is 11.2. The minimum Gasteiger partial charge on any atom is -0.478 e. The number of carbonyl (C=O) groups excluding carboxylic acids is 1. The van der Waals surface area contributed by atoms with Gasteiger partial charge in [0.05, 0.1) is 11.1 Å². The zero-order valence-electron chi connectivity index (χ0n) is 7.27. The lowest BCUT2D eigenvalue weighted by atomic mass is 10.1. The number of ether oxygens (including phenoxy) is 1. The van der Waals surface area contributed by atoms with Crippen LogP contribution in [0.4, 0.5) is 0 Å². The first-order chi connectivity index (χ1) is 6.66. The van der Waals surface area contributed by atoms with Gasteiger partial charge in [0, 0.05) is 0 Å². The zero-order valence-corrected chi connectivity index (χ0v) is 7.27. The molecule has 0 spiro atoms. The van der Waals surface area contributed by atoms with Crippen molar-refractivity contribution in [1.29, 1.82) is 0 Å². The van der Waals surface area contributed by atoms with Crippen molar-refractivity contribution >= 4 is 11.9 Å². The van der Waals surface area contributed by atoms with E-state index in [1.165, 1.54) is 18.2 Å². The van der Waals surface area contributed by atoms with Crippen LogP contribution in [-0.2, 0) is 4.74 Å². The average molecular weight is 195 g/mol. The number of nitrogens with two attached hydrogens (primary N) is 1. The Morgan fingerprint density at radius 3 is 2.36 bits per heavy atom. The number of aromatic carboxylic acids is 1. The molecule has 14 heavy (non-hydrogen) atoms. The molecular formula is C9H9NO4. The molecule has 0 aliphatic carbocycles. The first-order valence-electron chi connectivity index (χ1n) is 3.86. The Labute approximate surface area is 80.1 Å². The van der Waals surface area contributed by atoms with Crippen LogP contribution in [0.25, 0.3) is 0 Å². The Bertz CT molecular complexity index is 362. The SMILES string of the molecule is NCOC(=O)c1ccccc1C(=O)O. The standard InChI is InChI=1S/C9H9NO4/c10-5-14-9(13)7-4-2-1-3-6(7)8(11)12/h1-4H,5,10H2,(H,11,12). The maximum Gasteiger partial charge on any atom is 0.340 e. The molecule has 0 aliphatic heterocycles. The van der Waals surface area contributed by atoms with Crippen molar-refractivity contribution < 1.29 is 19.4 Å². The molecule has 0 aliphatic rings. The lowest BCUT2D eigenvalue weighted by molar-refractivity contribution is 0.0504. The van der Waals surface area contributed by atoms with Crippen molar-refractivity contribution in [3.63, 3.8) is 0 Å². The lowest BCUT2D eigenvalue weighted by Gasteiger charge is -2.04. The predicted molar refractivity (Wildman–Crippen MR) is 47.9 cm³/mol. The molecule has 0 heterocycles. The number of hydrogen-bond acceptors (Lipinski definition) is 4. The molecule has 5 heteroatoms. The highest BCUT2D eigenvalue weighted by Gasteiger charge is 2.15. The lowest BCUT2D eigenvalue weighted by Crippen LogP contribution is -2.15. The molecule has 0 aromatic heterocycles. The van der Waals surface area contributed by atoms with Gasteiger partial charge >= 0.3 is 11.9 Å². The normalized spacial score (nSPS) is 9.50. The van der Waals surface area contributed by atoms with Crippen LogP contribution in [-0.4, -0.2) is 23.8 Å². The van der Waals surface area contributed by atoms with Crippen molar-refractivity contribution in [2.75, 3.05) is 6.73 Å². The van der Waals surface area contributed by atoms with Crippen LogP contribution in [0.15, 0.2) is 24.3 Å². The third kappa shape index (κ3) is 2.08. The molecule has 0 amide bonds. The zero-order chi connectivity index (χ0) is 10.6. The van der Waals surface area contributed by atoms with E-state index in [0.29, 0.717) is 0 Å². The highest BCUT2D eigenvalue weighted by Crippen LogP contribution is 2.09. The summed E-state index contributed by atoms with van der Waals surface area (Å²) >= 11 is 0. The minimum absolute atomic E-state index is 0.00505. The number of carboxylic acids is 1. The van der Waals surface area contributed by atoms with Crippen molar-refractivity contribution in [2.24, 2.45) is 5.73 Å². The Hall–Kier alpha value is -1.88. The van der Waals surface area contributed by atoms with Crippen molar-refractivity contribution in [2.45, 2.75) is 0 Å². The third-order valence-electron chi connectivity index (χ3n) is 1.59. The molecule has 0 fully saturated rings. The molecule has 0 atom stereocenters. The van der Waals surface area contributed by atoms with Gasteiger partial charge in [-0.15, -0.1) is 0 Å². The Morgan fingerprint density at radius 1 is 1.29 bits per heavy atom. The summed E-state index contributed by atoms with van der Waals surface area (Å²) in [5.74, 6) is -1.90. The summed E-state index contributed by atoms with van der Waals surface area (Å²) in [5, 5.41) is 8.74.